The molecule has 1 rings (SSSR count). The summed E-state index contributed by atoms with van der Waals surface area (Å²) < 4.78 is 4.97. The first-order valence-corrected chi connectivity index (χ1v) is 5.35. The first kappa shape index (κ1) is 11.9. The molecule has 0 amide bonds. The fourth-order valence-corrected chi connectivity index (χ4v) is 1.36. The van der Waals surface area contributed by atoms with E-state index >= 15 is 0 Å². The van der Waals surface area contributed by atoms with Crippen LogP contribution in [0.25, 0.3) is 0 Å². The second-order valence-electron chi connectivity index (χ2n) is 3.53. The molecule has 0 radical (unpaired) electrons. The summed E-state index contributed by atoms with van der Waals surface area (Å²) in [7, 11) is 1.73. The van der Waals surface area contributed by atoms with Gasteiger partial charge in [0.2, 0.25) is 0 Å². The predicted molar refractivity (Wildman–Crippen MR) is 62.3 cm³/mol. The number of hydrogen-bond acceptors (Lipinski definition) is 3. The molecule has 0 atom stereocenters. The highest BCUT2D eigenvalue weighted by atomic mass is 16.5. The Bertz CT molecular complexity index is 259. The monoisotopic (exact) mass is 209 g/mol. The summed E-state index contributed by atoms with van der Waals surface area (Å²) in [5.74, 6) is 0.306. The summed E-state index contributed by atoms with van der Waals surface area (Å²) in [6, 6.07) is 7.13. The highest BCUT2D eigenvalue weighted by molar-refractivity contribution is 5.45. The van der Waals surface area contributed by atoms with Crippen LogP contribution < -0.4 is 5.32 Å². The number of anilines is 1. The van der Waals surface area contributed by atoms with Gasteiger partial charge < -0.3 is 15.2 Å². The van der Waals surface area contributed by atoms with Crippen molar-refractivity contribution in [1.82, 2.24) is 0 Å². The van der Waals surface area contributed by atoms with E-state index < -0.39 is 0 Å². The van der Waals surface area contributed by atoms with Crippen molar-refractivity contribution in [2.24, 2.45) is 0 Å². The molecule has 15 heavy (non-hydrogen) atoms. The number of unbranched alkanes of at least 4 members (excludes halogenated alkanes) is 2. The Kier molecular flexibility index (Phi) is 5.63. The van der Waals surface area contributed by atoms with Crippen LogP contribution in [0.4, 0.5) is 5.69 Å². The number of aromatic hydroxyl groups is 1. The van der Waals surface area contributed by atoms with Crippen molar-refractivity contribution in [2.75, 3.05) is 25.6 Å². The Hall–Kier alpha value is -1.22. The van der Waals surface area contributed by atoms with Crippen LogP contribution in [0.5, 0.6) is 5.75 Å². The van der Waals surface area contributed by atoms with E-state index in [2.05, 4.69) is 5.32 Å². The van der Waals surface area contributed by atoms with Gasteiger partial charge in [-0.15, -0.1) is 0 Å². The summed E-state index contributed by atoms with van der Waals surface area (Å²) in [5, 5.41) is 12.4. The fourth-order valence-electron chi connectivity index (χ4n) is 1.36. The van der Waals surface area contributed by atoms with Gasteiger partial charge in [0.1, 0.15) is 5.75 Å². The summed E-state index contributed by atoms with van der Waals surface area (Å²) >= 11 is 0. The number of methoxy groups -OCH3 is 1. The van der Waals surface area contributed by atoms with Crippen LogP contribution >= 0.6 is 0 Å². The molecule has 0 aromatic heterocycles. The molecule has 0 spiro atoms. The average Bonchev–Trinajstić information content (AvgIpc) is 2.26. The number of rotatable bonds is 7. The minimum Gasteiger partial charge on any atom is -0.508 e. The third kappa shape index (κ3) is 5.27. The van der Waals surface area contributed by atoms with Gasteiger partial charge >= 0.3 is 0 Å². The van der Waals surface area contributed by atoms with Crippen molar-refractivity contribution in [3.8, 4) is 5.75 Å². The minimum absolute atomic E-state index is 0.306. The molecular formula is C12H19NO2. The summed E-state index contributed by atoms with van der Waals surface area (Å²) in [6.07, 6.45) is 3.44. The smallest absolute Gasteiger partial charge is 0.115 e. The Morgan fingerprint density at radius 3 is 2.53 bits per heavy atom. The van der Waals surface area contributed by atoms with Gasteiger partial charge in [0.25, 0.3) is 0 Å². The van der Waals surface area contributed by atoms with Crippen LogP contribution in [-0.4, -0.2) is 25.4 Å². The number of benzene rings is 1. The van der Waals surface area contributed by atoms with Gasteiger partial charge in [-0.25, -0.2) is 0 Å². The highest BCUT2D eigenvalue weighted by Crippen LogP contribution is 2.13. The maximum Gasteiger partial charge on any atom is 0.115 e. The first-order valence-electron chi connectivity index (χ1n) is 5.35. The molecule has 84 valence electrons. The van der Waals surface area contributed by atoms with E-state index in [0.717, 1.165) is 31.7 Å². The Balaban J connectivity index is 2.07. The van der Waals surface area contributed by atoms with Gasteiger partial charge in [-0.3, -0.25) is 0 Å². The molecule has 0 saturated carbocycles. The van der Waals surface area contributed by atoms with Gasteiger partial charge in [-0.05, 0) is 43.5 Å². The predicted octanol–water partition coefficient (Wildman–Crippen LogP) is 2.62. The fraction of sp³-hybridized carbons (Fsp3) is 0.500. The zero-order valence-electron chi connectivity index (χ0n) is 9.20. The highest BCUT2D eigenvalue weighted by Gasteiger charge is 1.92. The third-order valence-electron chi connectivity index (χ3n) is 2.22. The topological polar surface area (TPSA) is 41.5 Å². The summed E-state index contributed by atoms with van der Waals surface area (Å²) in [5.41, 5.74) is 1.06. The lowest BCUT2D eigenvalue weighted by Gasteiger charge is -2.05. The van der Waals surface area contributed by atoms with E-state index in [4.69, 9.17) is 9.84 Å². The van der Waals surface area contributed by atoms with Crippen molar-refractivity contribution >= 4 is 5.69 Å². The van der Waals surface area contributed by atoms with Gasteiger partial charge in [-0.2, -0.15) is 0 Å². The number of hydrogen-bond donors (Lipinski definition) is 2. The Morgan fingerprint density at radius 2 is 1.87 bits per heavy atom. The molecule has 0 heterocycles. The summed E-state index contributed by atoms with van der Waals surface area (Å²) in [4.78, 5) is 0. The lowest BCUT2D eigenvalue weighted by molar-refractivity contribution is 0.192. The molecule has 1 aromatic carbocycles. The number of phenols is 1. The molecule has 3 heteroatoms. The van der Waals surface area contributed by atoms with Gasteiger partial charge in [0.15, 0.2) is 0 Å². The third-order valence-corrected chi connectivity index (χ3v) is 2.22. The maximum atomic E-state index is 9.08. The van der Waals surface area contributed by atoms with Crippen molar-refractivity contribution in [3.63, 3.8) is 0 Å². The van der Waals surface area contributed by atoms with E-state index in [1.807, 2.05) is 12.1 Å². The molecule has 0 saturated heterocycles. The molecule has 3 nitrogen and oxygen atoms in total. The van der Waals surface area contributed by atoms with Crippen LogP contribution in [0.15, 0.2) is 24.3 Å². The molecule has 2 N–H and O–H groups in total. The Labute approximate surface area is 91.1 Å². The normalized spacial score (nSPS) is 10.2. The van der Waals surface area contributed by atoms with Crippen LogP contribution in [0, 0.1) is 0 Å². The van der Waals surface area contributed by atoms with Crippen molar-refractivity contribution < 1.29 is 9.84 Å². The molecule has 0 aliphatic rings. The molecular weight excluding hydrogens is 190 g/mol. The summed E-state index contributed by atoms with van der Waals surface area (Å²) in [6.45, 7) is 1.81. The lowest BCUT2D eigenvalue weighted by atomic mass is 10.2. The molecule has 0 aliphatic carbocycles. The van der Waals surface area contributed by atoms with Crippen LogP contribution in [-0.2, 0) is 4.74 Å². The zero-order valence-corrected chi connectivity index (χ0v) is 9.20. The molecule has 0 fully saturated rings. The van der Waals surface area contributed by atoms with Crippen LogP contribution in [0.1, 0.15) is 19.3 Å². The first-order chi connectivity index (χ1) is 7.33. The van der Waals surface area contributed by atoms with E-state index in [0.29, 0.717) is 5.75 Å². The van der Waals surface area contributed by atoms with E-state index in [-0.39, 0.29) is 0 Å². The average molecular weight is 209 g/mol. The largest absolute Gasteiger partial charge is 0.508 e. The lowest BCUT2D eigenvalue weighted by Crippen LogP contribution is -2.01. The van der Waals surface area contributed by atoms with Crippen molar-refractivity contribution in [3.05, 3.63) is 24.3 Å². The van der Waals surface area contributed by atoms with Crippen molar-refractivity contribution in [1.29, 1.82) is 0 Å². The van der Waals surface area contributed by atoms with E-state index in [9.17, 15) is 0 Å². The van der Waals surface area contributed by atoms with Crippen LogP contribution in [0.2, 0.25) is 0 Å². The molecule has 1 aromatic rings. The van der Waals surface area contributed by atoms with Crippen molar-refractivity contribution in [2.45, 2.75) is 19.3 Å². The number of ether oxygens (including phenoxy) is 1. The zero-order chi connectivity index (χ0) is 10.9. The SMILES string of the molecule is COCCCCCNc1ccc(O)cc1. The number of nitrogens with one attached hydrogen (secondary N) is 1. The number of phenolic OH excluding ortho intramolecular Hbond substituents is 1. The van der Waals surface area contributed by atoms with Gasteiger partial charge in [0.05, 0.1) is 0 Å². The molecule has 0 bridgehead atoms. The molecule has 0 unspecified atom stereocenters. The van der Waals surface area contributed by atoms with E-state index in [1.54, 1.807) is 19.2 Å². The second-order valence-corrected chi connectivity index (χ2v) is 3.53. The molecule has 0 aliphatic heterocycles. The standard InChI is InChI=1S/C12H19NO2/c1-15-10-4-2-3-9-13-11-5-7-12(14)8-6-11/h5-8,13-14H,2-4,9-10H2,1H3. The van der Waals surface area contributed by atoms with Gasteiger partial charge in [-0.1, -0.05) is 0 Å². The van der Waals surface area contributed by atoms with E-state index in [1.165, 1.54) is 6.42 Å². The maximum absolute atomic E-state index is 9.08. The minimum atomic E-state index is 0.306. The van der Waals surface area contributed by atoms with Gasteiger partial charge in [0, 0.05) is 25.9 Å². The Morgan fingerprint density at radius 1 is 1.13 bits per heavy atom. The van der Waals surface area contributed by atoms with Crippen LogP contribution in [0.3, 0.4) is 0 Å². The second kappa shape index (κ2) is 7.12. The quantitative estimate of drug-likeness (QED) is 0.536.